The molecule has 0 saturated heterocycles. The van der Waals surface area contributed by atoms with E-state index in [-0.39, 0.29) is 6.15 Å². The number of para-hydroxylation sites is 1. The Labute approximate surface area is 227 Å². The van der Waals surface area contributed by atoms with Gasteiger partial charge in [-0.15, -0.1) is 0 Å². The predicted molar refractivity (Wildman–Crippen MR) is 154 cm³/mol. The van der Waals surface area contributed by atoms with E-state index in [4.69, 9.17) is 69.5 Å². The van der Waals surface area contributed by atoms with E-state index in [1.807, 2.05) is 91.9 Å². The van der Waals surface area contributed by atoms with Crippen LogP contribution in [0.15, 0.2) is 109 Å². The van der Waals surface area contributed by atoms with Gasteiger partial charge in [0.15, 0.2) is 0 Å². The molecule has 8 heteroatoms. The Morgan fingerprint density at radius 1 is 0.559 bits per heavy atom. The number of rotatable bonds is 0. The summed E-state index contributed by atoms with van der Waals surface area (Å²) in [5.41, 5.74) is 14.3. The third-order valence-corrected chi connectivity index (χ3v) is 4.90. The Morgan fingerprint density at radius 2 is 1.00 bits per heavy atom. The Hall–Kier alpha value is -2.11. The molecular formula is C26H28Cl5N3. The first-order valence-electron chi connectivity index (χ1n) is 9.74. The summed E-state index contributed by atoms with van der Waals surface area (Å²) in [7, 11) is 0. The van der Waals surface area contributed by atoms with Crippen LogP contribution in [0.5, 0.6) is 0 Å². The monoisotopic (exact) mass is 557 g/mol. The lowest BCUT2D eigenvalue weighted by Gasteiger charge is -2.09. The zero-order valence-electron chi connectivity index (χ0n) is 18.6. The molecule has 0 amide bonds. The van der Waals surface area contributed by atoms with Crippen molar-refractivity contribution in [3.8, 4) is 0 Å². The third-order valence-electron chi connectivity index (χ3n) is 3.75. The van der Waals surface area contributed by atoms with Crippen molar-refractivity contribution >= 4 is 69.4 Å². The van der Waals surface area contributed by atoms with Gasteiger partial charge in [-0.1, -0.05) is 119 Å². The minimum Gasteiger partial charge on any atom is -0.399 e. The van der Waals surface area contributed by atoms with Crippen LogP contribution in [0.4, 0.5) is 11.4 Å². The first-order valence-corrected chi connectivity index (χ1v) is 11.6. The Kier molecular flexibility index (Phi) is 16.3. The van der Waals surface area contributed by atoms with E-state index >= 15 is 0 Å². The van der Waals surface area contributed by atoms with Crippen LogP contribution in [-0.2, 0) is 3.79 Å². The summed E-state index contributed by atoms with van der Waals surface area (Å²) in [6.45, 7) is 2.02. The summed E-state index contributed by atoms with van der Waals surface area (Å²) >= 11 is 28.0. The van der Waals surface area contributed by atoms with Crippen molar-refractivity contribution in [2.45, 2.75) is 10.7 Å². The highest BCUT2D eigenvalue weighted by molar-refractivity contribution is 6.66. The number of hydrogen-bond donors (Lipinski definition) is 3. The molecule has 0 aliphatic carbocycles. The van der Waals surface area contributed by atoms with Crippen LogP contribution in [0, 0.1) is 6.92 Å². The van der Waals surface area contributed by atoms with Crippen LogP contribution in [0.25, 0.3) is 0 Å². The van der Waals surface area contributed by atoms with Crippen molar-refractivity contribution in [3.05, 3.63) is 130 Å². The number of benzene rings is 4. The largest absolute Gasteiger partial charge is 0.399 e. The van der Waals surface area contributed by atoms with Gasteiger partial charge in [0.2, 0.25) is 3.79 Å². The zero-order chi connectivity index (χ0) is 24.7. The topological polar surface area (TPSA) is 87.0 Å². The SMILES string of the molecule is Cc1cccc(N)c1.Clc1ccc(C(Cl)(Cl)Cl)cc1.Clc1ccccc1.N.Nc1ccccc1. The predicted octanol–water partition coefficient (Wildman–Crippen LogP) is 9.51. The molecule has 0 bridgehead atoms. The van der Waals surface area contributed by atoms with Gasteiger partial charge in [0.05, 0.1) is 0 Å². The lowest BCUT2D eigenvalue weighted by Crippen LogP contribution is -1.98. The molecule has 182 valence electrons. The van der Waals surface area contributed by atoms with Crippen LogP contribution >= 0.6 is 58.0 Å². The number of alkyl halides is 3. The van der Waals surface area contributed by atoms with E-state index in [1.54, 1.807) is 24.3 Å². The van der Waals surface area contributed by atoms with Crippen LogP contribution in [0.2, 0.25) is 10.0 Å². The molecule has 0 atom stereocenters. The second-order valence-corrected chi connectivity index (χ2v) is 9.78. The summed E-state index contributed by atoms with van der Waals surface area (Å²) in [5.74, 6) is 0. The molecule has 0 aromatic heterocycles. The first kappa shape index (κ1) is 31.9. The maximum absolute atomic E-state index is 5.63. The van der Waals surface area contributed by atoms with Crippen molar-refractivity contribution in [1.82, 2.24) is 6.15 Å². The third kappa shape index (κ3) is 15.7. The standard InChI is InChI=1S/C7H4Cl4.C7H9N.C6H5Cl.C6H7N.H3N/c8-6-3-1-5(2-4-6)7(9,10)11;1-6-3-2-4-7(8)5-6;2*7-6-4-2-1-3-5-6;/h1-4H;2-5H,8H2,1H3;1-5H;1-5H,7H2;1H3. The van der Waals surface area contributed by atoms with E-state index in [1.165, 1.54) is 5.56 Å². The lowest BCUT2D eigenvalue weighted by atomic mass is 10.2. The molecule has 0 unspecified atom stereocenters. The number of aryl methyl sites for hydroxylation is 1. The van der Waals surface area contributed by atoms with Gasteiger partial charge in [0, 0.05) is 27.0 Å². The van der Waals surface area contributed by atoms with Gasteiger partial charge < -0.3 is 17.6 Å². The van der Waals surface area contributed by atoms with Gasteiger partial charge >= 0.3 is 0 Å². The highest BCUT2D eigenvalue weighted by atomic mass is 35.6. The second-order valence-electron chi connectivity index (χ2n) is 6.63. The lowest BCUT2D eigenvalue weighted by molar-refractivity contribution is 1.24. The number of anilines is 2. The summed E-state index contributed by atoms with van der Waals surface area (Å²) in [4.78, 5) is 0. The van der Waals surface area contributed by atoms with Gasteiger partial charge in [0.25, 0.3) is 0 Å². The molecule has 4 rings (SSSR count). The fraction of sp³-hybridized carbons (Fsp3) is 0.0769. The summed E-state index contributed by atoms with van der Waals surface area (Å²) in [6.07, 6.45) is 0. The van der Waals surface area contributed by atoms with Gasteiger partial charge in [0.1, 0.15) is 0 Å². The van der Waals surface area contributed by atoms with E-state index < -0.39 is 3.79 Å². The van der Waals surface area contributed by atoms with Crippen molar-refractivity contribution in [2.24, 2.45) is 0 Å². The number of halogens is 5. The van der Waals surface area contributed by atoms with E-state index in [0.29, 0.717) is 10.6 Å². The van der Waals surface area contributed by atoms with Crippen LogP contribution in [-0.4, -0.2) is 0 Å². The van der Waals surface area contributed by atoms with Crippen molar-refractivity contribution in [3.63, 3.8) is 0 Å². The Morgan fingerprint density at radius 3 is 1.29 bits per heavy atom. The van der Waals surface area contributed by atoms with Gasteiger partial charge in [-0.3, -0.25) is 0 Å². The Bertz CT molecular complexity index is 984. The van der Waals surface area contributed by atoms with Gasteiger partial charge in [-0.05, 0) is 61.0 Å². The summed E-state index contributed by atoms with van der Waals surface area (Å²) in [6, 6.07) is 33.4. The average molecular weight is 560 g/mol. The number of nitrogen functional groups attached to an aromatic ring is 2. The maximum atomic E-state index is 5.63. The zero-order valence-corrected chi connectivity index (χ0v) is 22.4. The molecule has 4 aromatic rings. The molecule has 0 fully saturated rings. The molecule has 0 spiro atoms. The summed E-state index contributed by atoms with van der Waals surface area (Å²) in [5, 5.41) is 1.42. The van der Waals surface area contributed by atoms with Crippen LogP contribution in [0.3, 0.4) is 0 Å². The van der Waals surface area contributed by atoms with Crippen LogP contribution < -0.4 is 17.6 Å². The fourth-order valence-corrected chi connectivity index (χ4v) is 2.83. The van der Waals surface area contributed by atoms with E-state index in [2.05, 4.69) is 0 Å². The van der Waals surface area contributed by atoms with Gasteiger partial charge in [-0.25, -0.2) is 0 Å². The van der Waals surface area contributed by atoms with Crippen molar-refractivity contribution in [2.75, 3.05) is 11.5 Å². The maximum Gasteiger partial charge on any atom is 0.216 e. The highest BCUT2D eigenvalue weighted by Gasteiger charge is 2.21. The molecule has 0 heterocycles. The van der Waals surface area contributed by atoms with Crippen molar-refractivity contribution in [1.29, 1.82) is 0 Å². The number of nitrogens with two attached hydrogens (primary N) is 2. The van der Waals surface area contributed by atoms with E-state index in [0.717, 1.165) is 16.4 Å². The normalized spacial score (nSPS) is 9.47. The quantitative estimate of drug-likeness (QED) is 0.148. The molecular weight excluding hydrogens is 532 g/mol. The molecule has 0 radical (unpaired) electrons. The minimum atomic E-state index is -1.36. The number of hydrogen-bond acceptors (Lipinski definition) is 3. The Balaban J connectivity index is 0.000000430. The molecule has 0 saturated carbocycles. The van der Waals surface area contributed by atoms with E-state index in [9.17, 15) is 0 Å². The fourth-order valence-electron chi connectivity index (χ4n) is 2.18. The average Bonchev–Trinajstić information content (AvgIpc) is 2.76. The molecule has 0 aliphatic rings. The highest BCUT2D eigenvalue weighted by Crippen LogP contribution is 2.38. The summed E-state index contributed by atoms with van der Waals surface area (Å²) < 4.78 is -1.36. The van der Waals surface area contributed by atoms with Crippen molar-refractivity contribution < 1.29 is 0 Å². The van der Waals surface area contributed by atoms with Gasteiger partial charge in [-0.2, -0.15) is 0 Å². The molecule has 4 aromatic carbocycles. The molecule has 0 aliphatic heterocycles. The van der Waals surface area contributed by atoms with Crippen LogP contribution in [0.1, 0.15) is 11.1 Å². The smallest absolute Gasteiger partial charge is 0.216 e. The minimum absolute atomic E-state index is 0. The molecule has 3 nitrogen and oxygen atoms in total. The first-order chi connectivity index (χ1) is 15.6. The molecule has 7 N–H and O–H groups in total. The second kappa shape index (κ2) is 17.3. The molecule has 34 heavy (non-hydrogen) atoms.